The van der Waals surface area contributed by atoms with Crippen LogP contribution in [0.25, 0.3) is 0 Å². The van der Waals surface area contributed by atoms with Gasteiger partial charge in [-0.25, -0.2) is 0 Å². The van der Waals surface area contributed by atoms with Crippen LogP contribution in [0.15, 0.2) is 48.5 Å². The molecule has 0 unspecified atom stereocenters. The summed E-state index contributed by atoms with van der Waals surface area (Å²) in [6, 6.07) is 14.8. The maximum Gasteiger partial charge on any atom is 0.257 e. The summed E-state index contributed by atoms with van der Waals surface area (Å²) in [5.41, 5.74) is 2.06. The van der Waals surface area contributed by atoms with Gasteiger partial charge in [0.25, 0.3) is 5.91 Å². The van der Waals surface area contributed by atoms with Gasteiger partial charge in [0.1, 0.15) is 25.1 Å². The number of methoxy groups -OCH3 is 1. The summed E-state index contributed by atoms with van der Waals surface area (Å²) in [6.07, 6.45) is 1.86. The molecule has 9 heteroatoms. The minimum Gasteiger partial charge on any atom is -0.490 e. The number of rotatable bonds is 8. The number of carbonyl (C=O) groups excluding carboxylic acids is 3. The van der Waals surface area contributed by atoms with Crippen molar-refractivity contribution in [3.8, 4) is 5.75 Å². The number of benzene rings is 2. The molecule has 4 rings (SSSR count). The number of nitrogens with zero attached hydrogens (tertiary/aromatic N) is 1. The van der Waals surface area contributed by atoms with Crippen LogP contribution in [0.5, 0.6) is 5.75 Å². The summed E-state index contributed by atoms with van der Waals surface area (Å²) >= 11 is 0. The third-order valence-electron chi connectivity index (χ3n) is 6.56. The Morgan fingerprint density at radius 1 is 1.11 bits per heavy atom. The van der Waals surface area contributed by atoms with Gasteiger partial charge in [-0.1, -0.05) is 30.3 Å². The second-order valence-corrected chi connectivity index (χ2v) is 9.15. The molecule has 9 nitrogen and oxygen atoms in total. The van der Waals surface area contributed by atoms with Crippen molar-refractivity contribution in [2.75, 3.05) is 39.2 Å². The monoisotopic (exact) mass is 495 g/mol. The van der Waals surface area contributed by atoms with Crippen LogP contribution in [0.1, 0.15) is 35.2 Å². The number of nitrogens with one attached hydrogen (secondary N) is 2. The van der Waals surface area contributed by atoms with Crippen molar-refractivity contribution < 1.29 is 28.6 Å². The minimum absolute atomic E-state index is 0.0426. The van der Waals surface area contributed by atoms with Crippen LogP contribution in [-0.2, 0) is 25.5 Å². The molecule has 192 valence electrons. The molecule has 0 saturated carbocycles. The summed E-state index contributed by atoms with van der Waals surface area (Å²) in [5, 5.41) is 5.69. The van der Waals surface area contributed by atoms with E-state index in [1.807, 2.05) is 30.3 Å². The van der Waals surface area contributed by atoms with E-state index in [0.29, 0.717) is 36.4 Å². The molecule has 2 aromatic carbocycles. The number of amides is 3. The van der Waals surface area contributed by atoms with Crippen LogP contribution in [0.3, 0.4) is 0 Å². The number of hydrogen-bond acceptors (Lipinski definition) is 6. The van der Waals surface area contributed by atoms with Gasteiger partial charge in [0.05, 0.1) is 24.1 Å². The van der Waals surface area contributed by atoms with Crippen molar-refractivity contribution in [2.45, 2.75) is 43.9 Å². The van der Waals surface area contributed by atoms with E-state index >= 15 is 0 Å². The predicted molar refractivity (Wildman–Crippen MR) is 134 cm³/mol. The lowest BCUT2D eigenvalue weighted by Gasteiger charge is -2.42. The van der Waals surface area contributed by atoms with Crippen LogP contribution >= 0.6 is 0 Å². The molecule has 1 saturated heterocycles. The minimum atomic E-state index is -0.343. The van der Waals surface area contributed by atoms with Gasteiger partial charge in [-0.2, -0.15) is 0 Å². The third-order valence-corrected chi connectivity index (χ3v) is 6.56. The number of ether oxygens (including phenoxy) is 3. The first kappa shape index (κ1) is 25.7. The Labute approximate surface area is 211 Å². The lowest BCUT2D eigenvalue weighted by molar-refractivity contribution is -0.134. The van der Waals surface area contributed by atoms with Crippen LogP contribution < -0.4 is 15.4 Å². The highest BCUT2D eigenvalue weighted by molar-refractivity contribution is 6.00. The second-order valence-electron chi connectivity index (χ2n) is 9.15. The van der Waals surface area contributed by atoms with E-state index in [4.69, 9.17) is 14.2 Å². The van der Waals surface area contributed by atoms with E-state index < -0.39 is 0 Å². The van der Waals surface area contributed by atoms with E-state index in [1.165, 1.54) is 12.7 Å². The predicted octanol–water partition coefficient (Wildman–Crippen LogP) is 2.40. The fourth-order valence-corrected chi connectivity index (χ4v) is 4.70. The molecule has 2 aromatic rings. The van der Waals surface area contributed by atoms with Gasteiger partial charge in [-0.05, 0) is 43.0 Å². The average molecular weight is 496 g/mol. The summed E-state index contributed by atoms with van der Waals surface area (Å²) in [6.45, 7) is 0.762. The molecule has 2 heterocycles. The van der Waals surface area contributed by atoms with E-state index in [-0.39, 0.29) is 55.6 Å². The van der Waals surface area contributed by atoms with Gasteiger partial charge in [0, 0.05) is 26.4 Å². The Hall–Kier alpha value is -3.43. The van der Waals surface area contributed by atoms with Gasteiger partial charge in [-0.3, -0.25) is 14.4 Å². The molecule has 0 radical (unpaired) electrons. The van der Waals surface area contributed by atoms with Gasteiger partial charge in [-0.15, -0.1) is 0 Å². The maximum atomic E-state index is 13.3. The van der Waals surface area contributed by atoms with Crippen molar-refractivity contribution in [2.24, 2.45) is 0 Å². The topological polar surface area (TPSA) is 106 Å². The van der Waals surface area contributed by atoms with E-state index in [2.05, 4.69) is 10.6 Å². The van der Waals surface area contributed by atoms with E-state index in [9.17, 15) is 14.4 Å². The fourth-order valence-electron chi connectivity index (χ4n) is 4.70. The highest BCUT2D eigenvalue weighted by Crippen LogP contribution is 2.32. The summed E-state index contributed by atoms with van der Waals surface area (Å²) in [4.78, 5) is 39.3. The van der Waals surface area contributed by atoms with Crippen LogP contribution in [0.2, 0.25) is 0 Å². The standard InChI is InChI=1S/C27H33N3O6/c1-30-22-10-9-20(15-25(31)28-13-12-18-6-4-3-5-7-18)36-24(22)16-35-23-11-8-19(14-21(23)27(30)33)29-26(32)17-34-2/h3-8,11,14,20,22,24H,9-10,12-13,15-17H2,1-2H3,(H,28,31)(H,29,32)/t20-,22+,24-/m1/s1. The quantitative estimate of drug-likeness (QED) is 0.583. The number of hydrogen-bond donors (Lipinski definition) is 2. The summed E-state index contributed by atoms with van der Waals surface area (Å²) in [5.74, 6) is -0.123. The first-order valence-electron chi connectivity index (χ1n) is 12.2. The fraction of sp³-hybridized carbons (Fsp3) is 0.444. The molecule has 3 amide bonds. The number of anilines is 1. The zero-order valence-electron chi connectivity index (χ0n) is 20.7. The number of fused-ring (bicyclic) bond motifs is 2. The molecule has 2 aliphatic heterocycles. The van der Waals surface area contributed by atoms with Gasteiger partial charge >= 0.3 is 0 Å². The molecular weight excluding hydrogens is 462 g/mol. The van der Waals surface area contributed by atoms with Crippen molar-refractivity contribution in [1.82, 2.24) is 10.2 Å². The average Bonchev–Trinajstić information content (AvgIpc) is 2.87. The molecule has 2 N–H and O–H groups in total. The van der Waals surface area contributed by atoms with Crippen molar-refractivity contribution >= 4 is 23.4 Å². The Kier molecular flexibility index (Phi) is 8.56. The van der Waals surface area contributed by atoms with E-state index in [1.54, 1.807) is 30.1 Å². The Balaban J connectivity index is 1.34. The van der Waals surface area contributed by atoms with Crippen LogP contribution in [0.4, 0.5) is 5.69 Å². The number of likely N-dealkylation sites (N-methyl/N-ethyl adjacent to an activating group) is 1. The van der Waals surface area contributed by atoms with Gasteiger partial charge in [0.2, 0.25) is 11.8 Å². The molecule has 3 atom stereocenters. The first-order valence-corrected chi connectivity index (χ1v) is 12.2. The van der Waals surface area contributed by atoms with Crippen molar-refractivity contribution in [1.29, 1.82) is 0 Å². The first-order chi connectivity index (χ1) is 17.4. The molecular formula is C27H33N3O6. The molecule has 0 spiro atoms. The lowest BCUT2D eigenvalue weighted by Crippen LogP contribution is -2.54. The largest absolute Gasteiger partial charge is 0.490 e. The zero-order valence-corrected chi connectivity index (χ0v) is 20.7. The molecule has 0 aliphatic carbocycles. The Morgan fingerprint density at radius 2 is 1.92 bits per heavy atom. The van der Waals surface area contributed by atoms with Crippen molar-refractivity contribution in [3.05, 3.63) is 59.7 Å². The normalized spacial score (nSPS) is 21.3. The van der Waals surface area contributed by atoms with Crippen molar-refractivity contribution in [3.63, 3.8) is 0 Å². The zero-order chi connectivity index (χ0) is 25.5. The molecule has 36 heavy (non-hydrogen) atoms. The highest BCUT2D eigenvalue weighted by Gasteiger charge is 2.39. The number of carbonyl (C=O) groups is 3. The molecule has 0 aromatic heterocycles. The summed E-state index contributed by atoms with van der Waals surface area (Å²) in [7, 11) is 3.20. The third kappa shape index (κ3) is 6.41. The lowest BCUT2D eigenvalue weighted by atomic mass is 9.94. The highest BCUT2D eigenvalue weighted by atomic mass is 16.5. The van der Waals surface area contributed by atoms with E-state index in [0.717, 1.165) is 6.42 Å². The Morgan fingerprint density at radius 3 is 2.69 bits per heavy atom. The molecule has 2 aliphatic rings. The second kappa shape index (κ2) is 12.0. The summed E-state index contributed by atoms with van der Waals surface area (Å²) < 4.78 is 17.1. The van der Waals surface area contributed by atoms with Gasteiger partial charge < -0.3 is 29.7 Å². The molecule has 0 bridgehead atoms. The Bertz CT molecular complexity index is 1080. The smallest absolute Gasteiger partial charge is 0.257 e. The SMILES string of the molecule is COCC(=O)Nc1ccc2c(c1)C(=O)N(C)[C@H]1CC[C@H](CC(=O)NCCc3ccccc3)O[C@@H]1CO2. The maximum absolute atomic E-state index is 13.3. The molecule has 1 fully saturated rings. The van der Waals surface area contributed by atoms with Crippen LogP contribution in [-0.4, -0.2) is 74.8 Å². The van der Waals surface area contributed by atoms with Gasteiger partial charge in [0.15, 0.2) is 0 Å². The van der Waals surface area contributed by atoms with Crippen LogP contribution in [0, 0.1) is 0 Å².